The number of methoxy groups -OCH3 is 1. The van der Waals surface area contributed by atoms with Gasteiger partial charge in [0, 0.05) is 12.5 Å². The number of hydrogen-bond acceptors (Lipinski definition) is 4. The number of hydrogen-bond donors (Lipinski definition) is 1. The molecule has 1 saturated heterocycles. The molecule has 0 radical (unpaired) electrons. The van der Waals surface area contributed by atoms with Crippen LogP contribution in [0, 0.1) is 0 Å². The Balaban J connectivity index is 2.23. The van der Waals surface area contributed by atoms with Gasteiger partial charge in [-0.15, -0.1) is 5.10 Å². The quantitative estimate of drug-likeness (QED) is 0.803. The van der Waals surface area contributed by atoms with Crippen molar-refractivity contribution in [3.05, 3.63) is 16.8 Å². The standard InChI is InChI=1S/C9H12ClN3O/c1-14-9-7(10)4-8(12-13-9)6-2-3-11-5-6/h4,6,11H,2-3,5H2,1H3. The summed E-state index contributed by atoms with van der Waals surface area (Å²) in [5.74, 6) is 0.826. The van der Waals surface area contributed by atoms with Gasteiger partial charge in [0.1, 0.15) is 5.02 Å². The summed E-state index contributed by atoms with van der Waals surface area (Å²) in [5, 5.41) is 11.8. The molecule has 1 atom stereocenters. The van der Waals surface area contributed by atoms with Crippen LogP contribution < -0.4 is 10.1 Å². The van der Waals surface area contributed by atoms with Crippen LogP contribution in [0.25, 0.3) is 0 Å². The average Bonchev–Trinajstić information content (AvgIpc) is 2.70. The molecule has 1 fully saturated rings. The van der Waals surface area contributed by atoms with Crippen LogP contribution >= 0.6 is 11.6 Å². The minimum atomic E-state index is 0.390. The van der Waals surface area contributed by atoms with Crippen molar-refractivity contribution in [2.24, 2.45) is 0 Å². The van der Waals surface area contributed by atoms with E-state index in [1.165, 1.54) is 7.11 Å². The van der Waals surface area contributed by atoms with Gasteiger partial charge >= 0.3 is 0 Å². The lowest BCUT2D eigenvalue weighted by molar-refractivity contribution is 0.390. The normalized spacial score (nSPS) is 21.1. The predicted molar refractivity (Wildman–Crippen MR) is 53.8 cm³/mol. The number of ether oxygens (including phenoxy) is 1. The molecule has 1 aliphatic rings. The Morgan fingerprint density at radius 1 is 1.57 bits per heavy atom. The lowest BCUT2D eigenvalue weighted by Gasteiger charge is -2.08. The summed E-state index contributed by atoms with van der Waals surface area (Å²) in [6.07, 6.45) is 1.09. The zero-order chi connectivity index (χ0) is 9.97. The van der Waals surface area contributed by atoms with E-state index in [-0.39, 0.29) is 0 Å². The van der Waals surface area contributed by atoms with E-state index in [0.29, 0.717) is 16.8 Å². The maximum Gasteiger partial charge on any atom is 0.252 e. The van der Waals surface area contributed by atoms with Crippen molar-refractivity contribution in [2.45, 2.75) is 12.3 Å². The highest BCUT2D eigenvalue weighted by molar-refractivity contribution is 6.31. The van der Waals surface area contributed by atoms with Crippen LogP contribution in [0.1, 0.15) is 18.0 Å². The van der Waals surface area contributed by atoms with Crippen molar-refractivity contribution in [1.29, 1.82) is 0 Å². The van der Waals surface area contributed by atoms with Gasteiger partial charge in [0.25, 0.3) is 5.88 Å². The van der Waals surface area contributed by atoms with Crippen LogP contribution in [0.5, 0.6) is 5.88 Å². The van der Waals surface area contributed by atoms with Gasteiger partial charge in [-0.3, -0.25) is 0 Å². The minimum absolute atomic E-state index is 0.390. The van der Waals surface area contributed by atoms with E-state index in [2.05, 4.69) is 15.5 Å². The largest absolute Gasteiger partial charge is 0.479 e. The molecule has 14 heavy (non-hydrogen) atoms. The molecule has 0 spiro atoms. The molecule has 1 unspecified atom stereocenters. The molecule has 4 nitrogen and oxygen atoms in total. The van der Waals surface area contributed by atoms with E-state index in [4.69, 9.17) is 16.3 Å². The Morgan fingerprint density at radius 2 is 2.43 bits per heavy atom. The van der Waals surface area contributed by atoms with Gasteiger partial charge < -0.3 is 10.1 Å². The van der Waals surface area contributed by atoms with Gasteiger partial charge in [-0.05, 0) is 19.0 Å². The van der Waals surface area contributed by atoms with Crippen LogP contribution in [0.3, 0.4) is 0 Å². The molecule has 1 N–H and O–H groups in total. The van der Waals surface area contributed by atoms with Crippen molar-refractivity contribution >= 4 is 11.6 Å². The Kier molecular flexibility index (Phi) is 2.84. The molecule has 5 heteroatoms. The lowest BCUT2D eigenvalue weighted by Crippen LogP contribution is -2.09. The second-order valence-electron chi connectivity index (χ2n) is 3.32. The first-order chi connectivity index (χ1) is 6.81. The zero-order valence-corrected chi connectivity index (χ0v) is 8.71. The van der Waals surface area contributed by atoms with Crippen molar-refractivity contribution in [3.63, 3.8) is 0 Å². The van der Waals surface area contributed by atoms with Crippen molar-refractivity contribution in [3.8, 4) is 5.88 Å². The smallest absolute Gasteiger partial charge is 0.252 e. The van der Waals surface area contributed by atoms with Crippen LogP contribution in [-0.4, -0.2) is 30.4 Å². The van der Waals surface area contributed by atoms with E-state index < -0.39 is 0 Å². The topological polar surface area (TPSA) is 47.0 Å². The van der Waals surface area contributed by atoms with E-state index in [9.17, 15) is 0 Å². The zero-order valence-electron chi connectivity index (χ0n) is 7.96. The third-order valence-corrected chi connectivity index (χ3v) is 2.68. The number of rotatable bonds is 2. The van der Waals surface area contributed by atoms with Crippen LogP contribution in [0.2, 0.25) is 5.02 Å². The van der Waals surface area contributed by atoms with Crippen molar-refractivity contribution in [1.82, 2.24) is 15.5 Å². The first-order valence-electron chi connectivity index (χ1n) is 4.59. The Bertz CT molecular complexity index is 326. The predicted octanol–water partition coefficient (Wildman–Crippen LogP) is 1.22. The maximum absolute atomic E-state index is 5.96. The number of halogens is 1. The van der Waals surface area contributed by atoms with E-state index in [1.807, 2.05) is 6.07 Å². The van der Waals surface area contributed by atoms with Gasteiger partial charge in [-0.1, -0.05) is 11.6 Å². The summed E-state index contributed by atoms with van der Waals surface area (Å²) in [6, 6.07) is 1.84. The Hall–Kier alpha value is -0.870. The number of nitrogens with one attached hydrogen (secondary N) is 1. The molecule has 0 amide bonds. The van der Waals surface area contributed by atoms with Gasteiger partial charge in [0.05, 0.1) is 12.8 Å². The number of nitrogens with zero attached hydrogens (tertiary/aromatic N) is 2. The molecule has 76 valence electrons. The summed E-state index contributed by atoms with van der Waals surface area (Å²) in [6.45, 7) is 1.99. The van der Waals surface area contributed by atoms with Crippen molar-refractivity contribution < 1.29 is 4.74 Å². The fraction of sp³-hybridized carbons (Fsp3) is 0.556. The highest BCUT2D eigenvalue weighted by Gasteiger charge is 2.19. The summed E-state index contributed by atoms with van der Waals surface area (Å²) in [4.78, 5) is 0. The molecule has 0 saturated carbocycles. The van der Waals surface area contributed by atoms with Crippen LogP contribution in [0.4, 0.5) is 0 Å². The summed E-state index contributed by atoms with van der Waals surface area (Å²) in [5.41, 5.74) is 0.945. The SMILES string of the molecule is COc1nnc(C2CCNC2)cc1Cl. The van der Waals surface area contributed by atoms with E-state index in [1.54, 1.807) is 0 Å². The number of aromatic nitrogens is 2. The van der Waals surface area contributed by atoms with Gasteiger partial charge in [0.15, 0.2) is 0 Å². The Labute approximate surface area is 87.6 Å². The summed E-state index contributed by atoms with van der Waals surface area (Å²) in [7, 11) is 1.53. The highest BCUT2D eigenvalue weighted by Crippen LogP contribution is 2.26. The third-order valence-electron chi connectivity index (χ3n) is 2.41. The van der Waals surface area contributed by atoms with Crippen molar-refractivity contribution in [2.75, 3.05) is 20.2 Å². The molecule has 1 aromatic rings. The minimum Gasteiger partial charge on any atom is -0.479 e. The van der Waals surface area contributed by atoms with E-state index in [0.717, 1.165) is 25.2 Å². The second-order valence-corrected chi connectivity index (χ2v) is 3.72. The van der Waals surface area contributed by atoms with Crippen LogP contribution in [-0.2, 0) is 0 Å². The first-order valence-corrected chi connectivity index (χ1v) is 4.97. The average molecular weight is 214 g/mol. The molecule has 0 bridgehead atoms. The third kappa shape index (κ3) is 1.81. The fourth-order valence-corrected chi connectivity index (χ4v) is 1.84. The summed E-state index contributed by atoms with van der Waals surface area (Å²) >= 11 is 5.96. The second kappa shape index (κ2) is 4.11. The van der Waals surface area contributed by atoms with Gasteiger partial charge in [0.2, 0.25) is 0 Å². The van der Waals surface area contributed by atoms with Gasteiger partial charge in [-0.25, -0.2) is 0 Å². The maximum atomic E-state index is 5.96. The molecular weight excluding hydrogens is 202 g/mol. The van der Waals surface area contributed by atoms with Gasteiger partial charge in [-0.2, -0.15) is 5.10 Å². The Morgan fingerprint density at radius 3 is 3.00 bits per heavy atom. The molecule has 0 aromatic carbocycles. The summed E-state index contributed by atoms with van der Waals surface area (Å²) < 4.78 is 4.94. The van der Waals surface area contributed by atoms with E-state index >= 15 is 0 Å². The molecule has 1 aromatic heterocycles. The lowest BCUT2D eigenvalue weighted by atomic mass is 10.1. The van der Waals surface area contributed by atoms with Crippen LogP contribution in [0.15, 0.2) is 6.07 Å². The monoisotopic (exact) mass is 213 g/mol. The molecule has 2 heterocycles. The molecule has 1 aliphatic heterocycles. The molecular formula is C9H12ClN3O. The fourth-order valence-electron chi connectivity index (χ4n) is 1.62. The molecule has 0 aliphatic carbocycles. The highest BCUT2D eigenvalue weighted by atomic mass is 35.5. The molecule has 2 rings (SSSR count). The first kappa shape index (κ1) is 9.68.